The summed E-state index contributed by atoms with van der Waals surface area (Å²) in [6.45, 7) is 14.0. The summed E-state index contributed by atoms with van der Waals surface area (Å²) < 4.78 is 12.4. The van der Waals surface area contributed by atoms with Crippen molar-refractivity contribution in [2.24, 2.45) is 5.41 Å². The van der Waals surface area contributed by atoms with Crippen LogP contribution in [0.15, 0.2) is 24.3 Å². The quantitative estimate of drug-likeness (QED) is 0.594. The molecule has 2 N–H and O–H groups in total. The lowest BCUT2D eigenvalue weighted by Crippen LogP contribution is -2.33. The van der Waals surface area contributed by atoms with Crippen molar-refractivity contribution in [3.63, 3.8) is 0 Å². The van der Waals surface area contributed by atoms with E-state index < -0.39 is 0 Å². The Labute approximate surface area is 166 Å². The van der Waals surface area contributed by atoms with Gasteiger partial charge in [0.05, 0.1) is 6.04 Å². The van der Waals surface area contributed by atoms with Crippen LogP contribution in [0.25, 0.3) is 0 Å². The lowest BCUT2D eigenvalue weighted by atomic mass is 9.91. The van der Waals surface area contributed by atoms with E-state index in [4.69, 9.17) is 0 Å². The first-order chi connectivity index (χ1) is 12.8. The minimum atomic E-state index is -0.267. The number of nitrogens with one attached hydrogen (secondary N) is 2. The summed E-state index contributed by atoms with van der Waals surface area (Å²) in [7, 11) is 0. The predicted octanol–water partition coefficient (Wildman–Crippen LogP) is 6.00. The topological polar surface area (TPSA) is 41.1 Å². The van der Waals surface area contributed by atoms with Crippen molar-refractivity contribution in [1.29, 1.82) is 0 Å². The van der Waals surface area contributed by atoms with Gasteiger partial charge in [-0.2, -0.15) is 0 Å². The molecule has 0 unspecified atom stereocenters. The summed E-state index contributed by atoms with van der Waals surface area (Å²) in [6.07, 6.45) is 9.07. The highest BCUT2D eigenvalue weighted by atomic mass is 19.1. The fraction of sp³-hybridized carbons (Fsp3) is 0.696. The molecule has 1 aromatic carbocycles. The molecule has 3 nitrogen and oxygen atoms in total. The van der Waals surface area contributed by atoms with Gasteiger partial charge in [0.15, 0.2) is 0 Å². The Morgan fingerprint density at radius 3 is 2.15 bits per heavy atom. The summed E-state index contributed by atoms with van der Waals surface area (Å²) in [4.78, 5) is 10.1. The number of carbonyl (C=O) groups excluding carboxylic acids is 1. The summed E-state index contributed by atoms with van der Waals surface area (Å²) in [6, 6.07) is 6.81. The van der Waals surface area contributed by atoms with E-state index in [-0.39, 0.29) is 11.9 Å². The normalized spacial score (nSPS) is 15.5. The molecule has 0 spiro atoms. The Morgan fingerprint density at radius 1 is 1.11 bits per heavy atom. The van der Waals surface area contributed by atoms with Crippen molar-refractivity contribution in [2.75, 3.05) is 6.54 Å². The zero-order valence-electron chi connectivity index (χ0n) is 18.3. The molecule has 1 amide bonds. The molecule has 1 aromatic rings. The first-order valence-corrected chi connectivity index (χ1v) is 10.5. The number of carbonyl (C=O) groups is 1. The second-order valence-electron chi connectivity index (χ2n) is 8.16. The second-order valence-corrected chi connectivity index (χ2v) is 8.16. The van der Waals surface area contributed by atoms with Crippen LogP contribution in [0.5, 0.6) is 0 Å². The number of rotatable bonds is 6. The van der Waals surface area contributed by atoms with E-state index in [1.165, 1.54) is 57.2 Å². The molecule has 0 aliphatic heterocycles. The Morgan fingerprint density at radius 2 is 1.67 bits per heavy atom. The number of hydrogen-bond donors (Lipinski definition) is 2. The van der Waals surface area contributed by atoms with Crippen molar-refractivity contribution >= 4 is 6.41 Å². The maximum Gasteiger partial charge on any atom is 0.207 e. The monoisotopic (exact) mass is 380 g/mol. The van der Waals surface area contributed by atoms with E-state index >= 15 is 0 Å². The van der Waals surface area contributed by atoms with E-state index in [1.807, 2.05) is 20.8 Å². The van der Waals surface area contributed by atoms with Crippen LogP contribution in [0.1, 0.15) is 91.7 Å². The average molecular weight is 381 g/mol. The maximum atomic E-state index is 12.4. The fourth-order valence-corrected chi connectivity index (χ4v) is 2.91. The molecule has 2 rings (SSSR count). The Kier molecular flexibility index (Phi) is 13.8. The van der Waals surface area contributed by atoms with Gasteiger partial charge in [0.1, 0.15) is 5.82 Å². The third kappa shape index (κ3) is 13.4. The number of amides is 1. The van der Waals surface area contributed by atoms with Crippen LogP contribution in [0, 0.1) is 11.2 Å². The lowest BCUT2D eigenvalue weighted by molar-refractivity contribution is -0.110. The first-order valence-electron chi connectivity index (χ1n) is 10.5. The summed E-state index contributed by atoms with van der Waals surface area (Å²) in [5, 5.41) is 6.26. The molecule has 1 aliphatic rings. The van der Waals surface area contributed by atoms with Gasteiger partial charge < -0.3 is 10.6 Å². The molecule has 156 valence electrons. The van der Waals surface area contributed by atoms with Gasteiger partial charge in [-0.25, -0.2) is 4.39 Å². The zero-order chi connectivity index (χ0) is 20.7. The van der Waals surface area contributed by atoms with Gasteiger partial charge in [-0.05, 0) is 55.8 Å². The van der Waals surface area contributed by atoms with Gasteiger partial charge in [-0.15, -0.1) is 0 Å². The van der Waals surface area contributed by atoms with Crippen LogP contribution >= 0.6 is 0 Å². The average Bonchev–Trinajstić information content (AvgIpc) is 2.64. The van der Waals surface area contributed by atoms with Crippen LogP contribution in [0.3, 0.4) is 0 Å². The summed E-state index contributed by atoms with van der Waals surface area (Å²) in [5.74, 6) is -0.267. The van der Waals surface area contributed by atoms with Crippen LogP contribution < -0.4 is 10.6 Å². The molecule has 0 radical (unpaired) electrons. The largest absolute Gasteiger partial charge is 0.352 e. The van der Waals surface area contributed by atoms with Gasteiger partial charge in [0.2, 0.25) is 6.41 Å². The van der Waals surface area contributed by atoms with E-state index in [0.717, 1.165) is 11.6 Å². The van der Waals surface area contributed by atoms with Crippen LogP contribution in [-0.2, 0) is 4.79 Å². The number of benzene rings is 1. The van der Waals surface area contributed by atoms with Gasteiger partial charge in [0, 0.05) is 6.04 Å². The van der Waals surface area contributed by atoms with E-state index in [0.29, 0.717) is 11.8 Å². The third-order valence-electron chi connectivity index (χ3n) is 4.60. The number of halogens is 1. The highest BCUT2D eigenvalue weighted by molar-refractivity contribution is 5.47. The van der Waals surface area contributed by atoms with Crippen molar-refractivity contribution in [3.05, 3.63) is 35.6 Å². The van der Waals surface area contributed by atoms with Gasteiger partial charge in [0.25, 0.3) is 0 Å². The molecule has 1 aliphatic carbocycles. The molecule has 1 saturated carbocycles. The highest BCUT2D eigenvalue weighted by Gasteiger charge is 2.14. The fourth-order valence-electron chi connectivity index (χ4n) is 2.91. The third-order valence-corrected chi connectivity index (χ3v) is 4.60. The molecular weight excluding hydrogens is 339 g/mol. The van der Waals surface area contributed by atoms with Gasteiger partial charge in [-0.3, -0.25) is 4.79 Å². The molecule has 1 fully saturated rings. The Hall–Kier alpha value is -1.42. The maximum absolute atomic E-state index is 12.4. The SMILES string of the molecule is CC.CC(C)(C)CCNC1CCCCC1.C[C@@H](NC=O)c1ccc(F)cc1. The minimum absolute atomic E-state index is 0.0666. The van der Waals surface area contributed by atoms with E-state index in [1.54, 1.807) is 12.1 Å². The van der Waals surface area contributed by atoms with Crippen molar-refractivity contribution in [3.8, 4) is 0 Å². The summed E-state index contributed by atoms with van der Waals surface area (Å²) in [5.41, 5.74) is 1.38. The van der Waals surface area contributed by atoms with Gasteiger partial charge in [-0.1, -0.05) is 66.0 Å². The van der Waals surface area contributed by atoms with Crippen LogP contribution in [0.4, 0.5) is 4.39 Å². The number of hydrogen-bond acceptors (Lipinski definition) is 2. The standard InChI is InChI=1S/C12H25N.C9H10FNO.C2H6/c1-12(2,3)9-10-13-11-7-5-4-6-8-11;1-7(11-6-12)8-2-4-9(10)5-3-8;1-2/h11,13H,4-10H2,1-3H3;2-7H,1H3,(H,11,12);1-2H3/t;7-;/m.1./s1. The van der Waals surface area contributed by atoms with Gasteiger partial charge >= 0.3 is 0 Å². The first kappa shape index (κ1) is 25.6. The molecule has 0 bridgehead atoms. The van der Waals surface area contributed by atoms with Crippen LogP contribution in [-0.4, -0.2) is 19.0 Å². The van der Waals surface area contributed by atoms with Crippen molar-refractivity contribution in [2.45, 2.75) is 92.2 Å². The van der Waals surface area contributed by atoms with E-state index in [2.05, 4.69) is 31.4 Å². The Bertz CT molecular complexity index is 476. The van der Waals surface area contributed by atoms with E-state index in [9.17, 15) is 9.18 Å². The lowest BCUT2D eigenvalue weighted by Gasteiger charge is -2.25. The molecule has 1 atom stereocenters. The van der Waals surface area contributed by atoms with Crippen molar-refractivity contribution in [1.82, 2.24) is 10.6 Å². The van der Waals surface area contributed by atoms with Crippen LogP contribution in [0.2, 0.25) is 0 Å². The highest BCUT2D eigenvalue weighted by Crippen LogP contribution is 2.20. The predicted molar refractivity (Wildman–Crippen MR) is 114 cm³/mol. The zero-order valence-corrected chi connectivity index (χ0v) is 18.3. The van der Waals surface area contributed by atoms with Crippen molar-refractivity contribution < 1.29 is 9.18 Å². The smallest absolute Gasteiger partial charge is 0.207 e. The second kappa shape index (κ2) is 14.6. The molecule has 0 aromatic heterocycles. The molecule has 27 heavy (non-hydrogen) atoms. The molecule has 0 heterocycles. The Balaban J connectivity index is 0.000000460. The minimum Gasteiger partial charge on any atom is -0.352 e. The molecule has 4 heteroatoms. The molecule has 0 saturated heterocycles. The summed E-state index contributed by atoms with van der Waals surface area (Å²) >= 11 is 0. The molecular formula is C23H41FN2O.